The molecular weight excluding hydrogens is 408 g/mol. The standard InChI is InChI=1S/C22H17BrO4/c1-13-20(26-12-14-3-5-15(23)6-4-14)10-9-18-17-8-7-16(25-2)11-19(17)22(24)27-21(13)18/h3-11H,12H2,1-2H3. The Labute approximate surface area is 164 Å². The molecule has 0 fully saturated rings. The van der Waals surface area contributed by atoms with E-state index in [4.69, 9.17) is 13.9 Å². The summed E-state index contributed by atoms with van der Waals surface area (Å²) in [5.74, 6) is 1.32. The first-order chi connectivity index (χ1) is 13.1. The number of aryl methyl sites for hydroxylation is 1. The first kappa shape index (κ1) is 17.6. The summed E-state index contributed by atoms with van der Waals surface area (Å²) in [6, 6.07) is 17.2. The third kappa shape index (κ3) is 3.30. The summed E-state index contributed by atoms with van der Waals surface area (Å²) >= 11 is 3.43. The van der Waals surface area contributed by atoms with Crippen molar-refractivity contribution in [2.24, 2.45) is 0 Å². The SMILES string of the molecule is COc1ccc2c(c1)c(=O)oc1c(C)c(OCc3ccc(Br)cc3)ccc12. The molecule has 4 rings (SSSR count). The quantitative estimate of drug-likeness (QED) is 0.315. The smallest absolute Gasteiger partial charge is 0.344 e. The lowest BCUT2D eigenvalue weighted by atomic mass is 10.0. The molecule has 1 aromatic heterocycles. The van der Waals surface area contributed by atoms with Crippen molar-refractivity contribution in [1.82, 2.24) is 0 Å². The van der Waals surface area contributed by atoms with E-state index in [0.29, 0.717) is 29.1 Å². The third-order valence-electron chi connectivity index (χ3n) is 4.60. The lowest BCUT2D eigenvalue weighted by Crippen LogP contribution is -2.02. The lowest BCUT2D eigenvalue weighted by Gasteiger charge is -2.12. The van der Waals surface area contributed by atoms with E-state index in [1.807, 2.05) is 55.5 Å². The Hall–Kier alpha value is -2.79. The molecule has 0 radical (unpaired) electrons. The normalized spacial score (nSPS) is 11.1. The number of ether oxygens (including phenoxy) is 2. The van der Waals surface area contributed by atoms with Crippen LogP contribution in [0.3, 0.4) is 0 Å². The van der Waals surface area contributed by atoms with Crippen molar-refractivity contribution in [3.8, 4) is 11.5 Å². The molecular formula is C22H17BrO4. The van der Waals surface area contributed by atoms with E-state index in [2.05, 4.69) is 15.9 Å². The lowest BCUT2D eigenvalue weighted by molar-refractivity contribution is 0.304. The zero-order valence-electron chi connectivity index (χ0n) is 14.9. The second-order valence-corrected chi connectivity index (χ2v) is 7.20. The van der Waals surface area contributed by atoms with Crippen LogP contribution in [-0.4, -0.2) is 7.11 Å². The number of rotatable bonds is 4. The zero-order valence-corrected chi connectivity index (χ0v) is 16.5. The first-order valence-electron chi connectivity index (χ1n) is 8.48. The van der Waals surface area contributed by atoms with Crippen molar-refractivity contribution < 1.29 is 13.9 Å². The third-order valence-corrected chi connectivity index (χ3v) is 5.12. The molecule has 4 aromatic rings. The molecule has 0 saturated carbocycles. The number of methoxy groups -OCH3 is 1. The fraction of sp³-hybridized carbons (Fsp3) is 0.136. The average molecular weight is 425 g/mol. The number of fused-ring (bicyclic) bond motifs is 3. The Morgan fingerprint density at radius 3 is 2.44 bits per heavy atom. The van der Waals surface area contributed by atoms with Gasteiger partial charge < -0.3 is 13.9 Å². The Bertz CT molecular complexity index is 1190. The second-order valence-electron chi connectivity index (χ2n) is 6.28. The average Bonchev–Trinajstić information content (AvgIpc) is 2.69. The molecule has 0 aliphatic heterocycles. The van der Waals surface area contributed by atoms with E-state index in [-0.39, 0.29) is 5.63 Å². The van der Waals surface area contributed by atoms with Gasteiger partial charge in [-0.2, -0.15) is 0 Å². The summed E-state index contributed by atoms with van der Waals surface area (Å²) in [6.07, 6.45) is 0. The fourth-order valence-corrected chi connectivity index (χ4v) is 3.38. The summed E-state index contributed by atoms with van der Waals surface area (Å²) in [5, 5.41) is 2.22. The van der Waals surface area contributed by atoms with Gasteiger partial charge in [0, 0.05) is 20.8 Å². The maximum atomic E-state index is 12.5. The van der Waals surface area contributed by atoms with Crippen LogP contribution in [0.4, 0.5) is 0 Å². The van der Waals surface area contributed by atoms with E-state index >= 15 is 0 Å². The van der Waals surface area contributed by atoms with Crippen molar-refractivity contribution in [3.63, 3.8) is 0 Å². The molecule has 0 unspecified atom stereocenters. The molecule has 0 atom stereocenters. The summed E-state index contributed by atoms with van der Waals surface area (Å²) in [5.41, 5.74) is 2.03. The van der Waals surface area contributed by atoms with E-state index in [0.717, 1.165) is 26.4 Å². The summed E-state index contributed by atoms with van der Waals surface area (Å²) in [4.78, 5) is 12.5. The molecule has 5 heteroatoms. The van der Waals surface area contributed by atoms with Gasteiger partial charge in [-0.3, -0.25) is 0 Å². The van der Waals surface area contributed by atoms with Gasteiger partial charge in [0.1, 0.15) is 23.7 Å². The molecule has 0 aliphatic rings. The summed E-state index contributed by atoms with van der Waals surface area (Å²) in [7, 11) is 1.57. The van der Waals surface area contributed by atoms with Crippen molar-refractivity contribution in [1.29, 1.82) is 0 Å². The molecule has 0 N–H and O–H groups in total. The van der Waals surface area contributed by atoms with Crippen molar-refractivity contribution in [3.05, 3.63) is 80.6 Å². The van der Waals surface area contributed by atoms with Crippen LogP contribution in [0.5, 0.6) is 11.5 Å². The van der Waals surface area contributed by atoms with Gasteiger partial charge in [-0.15, -0.1) is 0 Å². The largest absolute Gasteiger partial charge is 0.497 e. The van der Waals surface area contributed by atoms with Gasteiger partial charge in [0.15, 0.2) is 0 Å². The van der Waals surface area contributed by atoms with Gasteiger partial charge in [0.05, 0.1) is 12.5 Å². The minimum Gasteiger partial charge on any atom is -0.497 e. The highest BCUT2D eigenvalue weighted by molar-refractivity contribution is 9.10. The van der Waals surface area contributed by atoms with Gasteiger partial charge in [-0.05, 0) is 55.0 Å². The molecule has 136 valence electrons. The summed E-state index contributed by atoms with van der Waals surface area (Å²) < 4.78 is 17.8. The number of benzene rings is 3. The number of hydrogen-bond acceptors (Lipinski definition) is 4. The zero-order chi connectivity index (χ0) is 19.0. The van der Waals surface area contributed by atoms with Gasteiger partial charge in [0.2, 0.25) is 0 Å². The van der Waals surface area contributed by atoms with Crippen molar-refractivity contribution in [2.45, 2.75) is 13.5 Å². The minimum atomic E-state index is -0.385. The Balaban J connectivity index is 1.76. The van der Waals surface area contributed by atoms with Crippen molar-refractivity contribution in [2.75, 3.05) is 7.11 Å². The number of halogens is 1. The molecule has 0 saturated heterocycles. The highest BCUT2D eigenvalue weighted by atomic mass is 79.9. The molecule has 0 amide bonds. The predicted molar refractivity (Wildman–Crippen MR) is 110 cm³/mol. The highest BCUT2D eigenvalue weighted by Gasteiger charge is 2.13. The van der Waals surface area contributed by atoms with Crippen LogP contribution in [0.2, 0.25) is 0 Å². The maximum absolute atomic E-state index is 12.5. The molecule has 3 aromatic carbocycles. The Kier molecular flexibility index (Phi) is 4.62. The van der Waals surface area contributed by atoms with Gasteiger partial charge in [-0.1, -0.05) is 28.1 Å². The van der Waals surface area contributed by atoms with Crippen LogP contribution in [0.25, 0.3) is 21.7 Å². The minimum absolute atomic E-state index is 0.385. The Morgan fingerprint density at radius 1 is 0.963 bits per heavy atom. The van der Waals surface area contributed by atoms with Gasteiger partial charge in [0.25, 0.3) is 0 Å². The van der Waals surface area contributed by atoms with Crippen LogP contribution in [0.15, 0.2) is 68.3 Å². The van der Waals surface area contributed by atoms with E-state index in [9.17, 15) is 4.79 Å². The molecule has 1 heterocycles. The van der Waals surface area contributed by atoms with Gasteiger partial charge >= 0.3 is 5.63 Å². The second kappa shape index (κ2) is 7.08. The van der Waals surface area contributed by atoms with E-state index in [1.165, 1.54) is 0 Å². The maximum Gasteiger partial charge on any atom is 0.344 e. The topological polar surface area (TPSA) is 48.7 Å². The number of hydrogen-bond donors (Lipinski definition) is 0. The van der Waals surface area contributed by atoms with Crippen molar-refractivity contribution >= 4 is 37.7 Å². The van der Waals surface area contributed by atoms with E-state index in [1.54, 1.807) is 13.2 Å². The van der Waals surface area contributed by atoms with Crippen LogP contribution in [0, 0.1) is 6.92 Å². The molecule has 0 bridgehead atoms. The first-order valence-corrected chi connectivity index (χ1v) is 9.27. The highest BCUT2D eigenvalue weighted by Crippen LogP contribution is 2.32. The van der Waals surface area contributed by atoms with Crippen LogP contribution in [0.1, 0.15) is 11.1 Å². The molecule has 27 heavy (non-hydrogen) atoms. The summed E-state index contributed by atoms with van der Waals surface area (Å²) in [6.45, 7) is 2.34. The van der Waals surface area contributed by atoms with E-state index < -0.39 is 0 Å². The fourth-order valence-electron chi connectivity index (χ4n) is 3.12. The predicted octanol–water partition coefficient (Wildman–Crippen LogP) is 5.60. The molecule has 4 nitrogen and oxygen atoms in total. The van der Waals surface area contributed by atoms with Crippen LogP contribution >= 0.6 is 15.9 Å². The molecule has 0 spiro atoms. The van der Waals surface area contributed by atoms with Gasteiger partial charge in [-0.25, -0.2) is 4.79 Å². The van der Waals surface area contributed by atoms with Crippen LogP contribution in [-0.2, 0) is 6.61 Å². The van der Waals surface area contributed by atoms with Crippen LogP contribution < -0.4 is 15.1 Å². The molecule has 0 aliphatic carbocycles. The monoisotopic (exact) mass is 424 g/mol. The Morgan fingerprint density at radius 2 is 1.70 bits per heavy atom.